The van der Waals surface area contributed by atoms with Crippen molar-refractivity contribution in [2.45, 2.75) is 25.4 Å². The number of hydrogen-bond donors (Lipinski definition) is 0. The van der Waals surface area contributed by atoms with Crippen molar-refractivity contribution in [3.05, 3.63) is 41.4 Å². The van der Waals surface area contributed by atoms with Crippen molar-refractivity contribution in [3.8, 4) is 5.75 Å². The largest absolute Gasteiger partial charge is 0.494 e. The lowest BCUT2D eigenvalue weighted by atomic mass is 9.96. The van der Waals surface area contributed by atoms with Crippen LogP contribution in [0.25, 0.3) is 0 Å². The predicted molar refractivity (Wildman–Crippen MR) is 60.4 cm³/mol. The van der Waals surface area contributed by atoms with Gasteiger partial charge in [-0.1, -0.05) is 12.1 Å². The Balaban J connectivity index is 2.07. The molecule has 0 N–H and O–H groups in total. The van der Waals surface area contributed by atoms with E-state index < -0.39 is 30.0 Å². The van der Waals surface area contributed by atoms with Crippen LogP contribution in [-0.4, -0.2) is 18.5 Å². The molecule has 0 saturated heterocycles. The Morgan fingerprint density at radius 3 is 2.35 bits per heavy atom. The quantitative estimate of drug-likeness (QED) is 0.762. The van der Waals surface area contributed by atoms with Crippen LogP contribution in [0.5, 0.6) is 5.75 Å². The van der Waals surface area contributed by atoms with Crippen molar-refractivity contribution in [1.29, 1.82) is 0 Å². The van der Waals surface area contributed by atoms with Crippen LogP contribution in [0, 0.1) is 0 Å². The molecule has 20 heavy (non-hydrogen) atoms. The summed E-state index contributed by atoms with van der Waals surface area (Å²) in [5.41, 5.74) is 0.405. The van der Waals surface area contributed by atoms with Crippen LogP contribution in [0.2, 0.25) is 0 Å². The summed E-state index contributed by atoms with van der Waals surface area (Å²) in [4.78, 5) is 0. The lowest BCUT2D eigenvalue weighted by molar-refractivity contribution is -0.233. The molecule has 1 aromatic carbocycles. The number of rotatable bonds is 5. The van der Waals surface area contributed by atoms with E-state index in [9.17, 15) is 22.0 Å². The first-order valence-electron chi connectivity index (χ1n) is 5.81. The van der Waals surface area contributed by atoms with Gasteiger partial charge in [-0.3, -0.25) is 0 Å². The second-order valence-electron chi connectivity index (χ2n) is 4.16. The Labute approximate surface area is 111 Å². The van der Waals surface area contributed by atoms with Crippen LogP contribution in [-0.2, 0) is 11.3 Å². The maximum absolute atomic E-state index is 12.9. The molecule has 0 spiro atoms. The molecule has 0 amide bonds. The second kappa shape index (κ2) is 4.96. The van der Waals surface area contributed by atoms with Crippen LogP contribution in [0.4, 0.5) is 22.0 Å². The monoisotopic (exact) mass is 294 g/mol. The smallest absolute Gasteiger partial charge is 0.375 e. The van der Waals surface area contributed by atoms with Gasteiger partial charge in [-0.25, -0.2) is 4.39 Å². The third-order valence-corrected chi connectivity index (χ3v) is 2.75. The summed E-state index contributed by atoms with van der Waals surface area (Å²) in [6.45, 7) is 1.73. The molecule has 0 heterocycles. The summed E-state index contributed by atoms with van der Waals surface area (Å²) in [7, 11) is 0. The van der Waals surface area contributed by atoms with E-state index in [2.05, 4.69) is 4.74 Å². The summed E-state index contributed by atoms with van der Waals surface area (Å²) in [5, 5.41) is 0. The van der Waals surface area contributed by atoms with Crippen LogP contribution in [0.15, 0.2) is 35.9 Å². The molecule has 1 aromatic rings. The molecule has 1 aliphatic rings. The van der Waals surface area contributed by atoms with Crippen molar-refractivity contribution >= 4 is 0 Å². The number of ether oxygens (including phenoxy) is 2. The molecular weight excluding hydrogens is 283 g/mol. The fraction of sp³-hybridized carbons (Fsp3) is 0.385. The second-order valence-corrected chi connectivity index (χ2v) is 4.16. The van der Waals surface area contributed by atoms with E-state index in [0.717, 1.165) is 0 Å². The fourth-order valence-corrected chi connectivity index (χ4v) is 1.70. The molecule has 0 bridgehead atoms. The van der Waals surface area contributed by atoms with Gasteiger partial charge in [0.2, 0.25) is 11.6 Å². The highest BCUT2D eigenvalue weighted by molar-refractivity contribution is 5.36. The van der Waals surface area contributed by atoms with E-state index in [1.165, 1.54) is 12.1 Å². The highest BCUT2D eigenvalue weighted by atomic mass is 19.3. The topological polar surface area (TPSA) is 18.5 Å². The zero-order chi connectivity index (χ0) is 15.0. The lowest BCUT2D eigenvalue weighted by Gasteiger charge is -2.35. The van der Waals surface area contributed by atoms with Crippen LogP contribution in [0.3, 0.4) is 0 Å². The van der Waals surface area contributed by atoms with Gasteiger partial charge in [0.1, 0.15) is 12.4 Å². The van der Waals surface area contributed by atoms with Crippen LogP contribution < -0.4 is 4.74 Å². The van der Waals surface area contributed by atoms with Crippen LogP contribution >= 0.6 is 0 Å². The van der Waals surface area contributed by atoms with E-state index in [0.29, 0.717) is 17.9 Å². The van der Waals surface area contributed by atoms with Gasteiger partial charge in [0.25, 0.3) is 0 Å². The summed E-state index contributed by atoms with van der Waals surface area (Å²) >= 11 is 0. The number of alkyl halides is 4. The van der Waals surface area contributed by atoms with E-state index in [-0.39, 0.29) is 0 Å². The van der Waals surface area contributed by atoms with Crippen molar-refractivity contribution in [2.75, 3.05) is 6.61 Å². The van der Waals surface area contributed by atoms with E-state index >= 15 is 0 Å². The molecule has 0 atom stereocenters. The molecule has 1 aliphatic carbocycles. The SMILES string of the molecule is CCOc1cccc(COC2=C(F)C(F)(F)C2(F)F)c1. The highest BCUT2D eigenvalue weighted by Gasteiger charge is 2.74. The molecule has 2 nitrogen and oxygen atoms in total. The van der Waals surface area contributed by atoms with E-state index in [1.807, 2.05) is 0 Å². The van der Waals surface area contributed by atoms with E-state index in [4.69, 9.17) is 4.74 Å². The summed E-state index contributed by atoms with van der Waals surface area (Å²) in [6.07, 6.45) is 0. The lowest BCUT2D eigenvalue weighted by Crippen LogP contribution is -2.53. The molecule has 0 saturated carbocycles. The number of hydrogen-bond acceptors (Lipinski definition) is 2. The Morgan fingerprint density at radius 1 is 1.05 bits per heavy atom. The zero-order valence-corrected chi connectivity index (χ0v) is 10.4. The van der Waals surface area contributed by atoms with Gasteiger partial charge in [-0.15, -0.1) is 0 Å². The van der Waals surface area contributed by atoms with Gasteiger partial charge in [0.05, 0.1) is 6.61 Å². The maximum Gasteiger partial charge on any atom is 0.375 e. The molecule has 2 rings (SSSR count). The van der Waals surface area contributed by atoms with Crippen molar-refractivity contribution in [3.63, 3.8) is 0 Å². The van der Waals surface area contributed by atoms with Gasteiger partial charge in [-0.05, 0) is 24.6 Å². The Hall–Kier alpha value is -1.79. The average molecular weight is 294 g/mol. The molecule has 0 unspecified atom stereocenters. The van der Waals surface area contributed by atoms with Crippen molar-refractivity contribution < 1.29 is 31.4 Å². The standard InChI is InChI=1S/C13H11F5O2/c1-2-19-9-5-3-4-8(6-9)7-20-11-10(14)12(15,16)13(11,17)18/h3-6H,2,7H2,1H3. The Morgan fingerprint density at radius 2 is 1.75 bits per heavy atom. The molecule has 110 valence electrons. The molecule has 0 fully saturated rings. The minimum Gasteiger partial charge on any atom is -0.494 e. The first-order valence-corrected chi connectivity index (χ1v) is 5.81. The van der Waals surface area contributed by atoms with Gasteiger partial charge in [0.15, 0.2) is 0 Å². The van der Waals surface area contributed by atoms with Gasteiger partial charge in [0, 0.05) is 0 Å². The van der Waals surface area contributed by atoms with Crippen LogP contribution in [0.1, 0.15) is 12.5 Å². The molecular formula is C13H11F5O2. The third-order valence-electron chi connectivity index (χ3n) is 2.75. The van der Waals surface area contributed by atoms with Crippen molar-refractivity contribution in [2.24, 2.45) is 0 Å². The molecule has 0 aromatic heterocycles. The average Bonchev–Trinajstić information content (AvgIpc) is 2.39. The Bertz CT molecular complexity index is 539. The first kappa shape index (κ1) is 14.6. The maximum atomic E-state index is 12.9. The minimum atomic E-state index is -4.78. The molecule has 0 aliphatic heterocycles. The Kier molecular flexibility index (Phi) is 3.62. The van der Waals surface area contributed by atoms with Gasteiger partial charge < -0.3 is 9.47 Å². The summed E-state index contributed by atoms with van der Waals surface area (Å²) in [6, 6.07) is 6.24. The number of benzene rings is 1. The van der Waals surface area contributed by atoms with Gasteiger partial charge in [-0.2, -0.15) is 17.6 Å². The highest BCUT2D eigenvalue weighted by Crippen LogP contribution is 2.56. The van der Waals surface area contributed by atoms with Gasteiger partial charge >= 0.3 is 11.8 Å². The molecule has 0 radical (unpaired) electrons. The summed E-state index contributed by atoms with van der Waals surface area (Å²) < 4.78 is 73.5. The minimum absolute atomic E-state index is 0.405. The predicted octanol–water partition coefficient (Wildman–Crippen LogP) is 4.07. The van der Waals surface area contributed by atoms with E-state index in [1.54, 1.807) is 19.1 Å². The molecule has 7 heteroatoms. The fourth-order valence-electron chi connectivity index (χ4n) is 1.70. The van der Waals surface area contributed by atoms with Crippen molar-refractivity contribution in [1.82, 2.24) is 0 Å². The third kappa shape index (κ3) is 2.21. The normalized spacial score (nSPS) is 19.5. The zero-order valence-electron chi connectivity index (χ0n) is 10.4. The number of allylic oxidation sites excluding steroid dienone is 2. The first-order chi connectivity index (χ1) is 9.30. The summed E-state index contributed by atoms with van der Waals surface area (Å²) in [5.74, 6) is -12.7. The number of halogens is 5.